The molecule has 1 atom stereocenters. The zero-order valence-electron chi connectivity index (χ0n) is 21.5. The Labute approximate surface area is 218 Å². The fourth-order valence-corrected chi connectivity index (χ4v) is 4.93. The van der Waals surface area contributed by atoms with Crippen LogP contribution in [0.4, 0.5) is 0 Å². The SMILES string of the molecule is COc1cc2c(cc1OC)C(c1ccc(C)cc1)N(C(=O)c1ccc(C=Cc3ccccc3)cc1)CC2. The predicted octanol–water partition coefficient (Wildman–Crippen LogP) is 6.97. The minimum atomic E-state index is -0.214. The maximum Gasteiger partial charge on any atom is 0.254 e. The van der Waals surface area contributed by atoms with E-state index in [1.54, 1.807) is 14.2 Å². The van der Waals surface area contributed by atoms with E-state index in [1.807, 2.05) is 59.5 Å². The molecule has 0 bridgehead atoms. The first-order valence-electron chi connectivity index (χ1n) is 12.5. The molecule has 0 N–H and O–H groups in total. The fourth-order valence-electron chi connectivity index (χ4n) is 4.93. The summed E-state index contributed by atoms with van der Waals surface area (Å²) >= 11 is 0. The zero-order chi connectivity index (χ0) is 25.8. The molecule has 4 aromatic rings. The van der Waals surface area contributed by atoms with Gasteiger partial charge in [0.15, 0.2) is 11.5 Å². The van der Waals surface area contributed by atoms with E-state index in [0.717, 1.165) is 28.7 Å². The molecule has 0 saturated heterocycles. The number of hydrogen-bond acceptors (Lipinski definition) is 3. The fraction of sp³-hybridized carbons (Fsp3) is 0.182. The predicted molar refractivity (Wildman–Crippen MR) is 149 cm³/mol. The number of methoxy groups -OCH3 is 2. The van der Waals surface area contributed by atoms with Crippen LogP contribution in [0.25, 0.3) is 12.2 Å². The number of rotatable bonds is 6. The van der Waals surface area contributed by atoms with Gasteiger partial charge in [0.2, 0.25) is 0 Å². The lowest BCUT2D eigenvalue weighted by molar-refractivity contribution is 0.0694. The second-order valence-electron chi connectivity index (χ2n) is 9.33. The van der Waals surface area contributed by atoms with E-state index in [4.69, 9.17) is 9.47 Å². The minimum Gasteiger partial charge on any atom is -0.493 e. The summed E-state index contributed by atoms with van der Waals surface area (Å²) in [7, 11) is 3.30. The second kappa shape index (κ2) is 10.8. The van der Waals surface area contributed by atoms with Crippen molar-refractivity contribution in [2.75, 3.05) is 20.8 Å². The molecule has 1 aliphatic rings. The van der Waals surface area contributed by atoms with E-state index in [-0.39, 0.29) is 11.9 Å². The number of benzene rings is 4. The highest BCUT2D eigenvalue weighted by atomic mass is 16.5. The largest absolute Gasteiger partial charge is 0.493 e. The Morgan fingerprint density at radius 3 is 2.08 bits per heavy atom. The Morgan fingerprint density at radius 2 is 1.43 bits per heavy atom. The van der Waals surface area contributed by atoms with Gasteiger partial charge < -0.3 is 14.4 Å². The van der Waals surface area contributed by atoms with Crippen molar-refractivity contribution in [3.8, 4) is 11.5 Å². The summed E-state index contributed by atoms with van der Waals surface area (Å²) in [6.45, 7) is 2.69. The Morgan fingerprint density at radius 1 is 0.811 bits per heavy atom. The molecule has 1 heterocycles. The average Bonchev–Trinajstić information content (AvgIpc) is 2.95. The van der Waals surface area contributed by atoms with Crippen LogP contribution in [0.1, 0.15) is 49.8 Å². The van der Waals surface area contributed by atoms with Crippen molar-refractivity contribution >= 4 is 18.1 Å². The lowest BCUT2D eigenvalue weighted by atomic mass is 9.87. The molecule has 0 spiro atoms. The molecule has 1 aliphatic heterocycles. The van der Waals surface area contributed by atoms with Gasteiger partial charge in [0, 0.05) is 12.1 Å². The van der Waals surface area contributed by atoms with Crippen LogP contribution in [0.5, 0.6) is 11.5 Å². The second-order valence-corrected chi connectivity index (χ2v) is 9.33. The molecular formula is C33H31NO3. The van der Waals surface area contributed by atoms with E-state index >= 15 is 0 Å². The number of nitrogens with zero attached hydrogens (tertiary/aromatic N) is 1. The first kappa shape index (κ1) is 24.4. The molecule has 37 heavy (non-hydrogen) atoms. The van der Waals surface area contributed by atoms with Gasteiger partial charge in [-0.2, -0.15) is 0 Å². The maximum atomic E-state index is 13.9. The molecule has 0 aromatic heterocycles. The van der Waals surface area contributed by atoms with Crippen molar-refractivity contribution in [1.82, 2.24) is 4.90 Å². The van der Waals surface area contributed by atoms with Crippen LogP contribution in [-0.4, -0.2) is 31.6 Å². The molecule has 5 rings (SSSR count). The van der Waals surface area contributed by atoms with E-state index < -0.39 is 0 Å². The van der Waals surface area contributed by atoms with E-state index in [1.165, 1.54) is 11.1 Å². The van der Waals surface area contributed by atoms with Gasteiger partial charge in [-0.1, -0.05) is 84.4 Å². The molecule has 4 aromatic carbocycles. The molecule has 0 fully saturated rings. The van der Waals surface area contributed by atoms with Crippen LogP contribution in [0.15, 0.2) is 91.0 Å². The Kier molecular flexibility index (Phi) is 7.09. The van der Waals surface area contributed by atoms with Crippen LogP contribution < -0.4 is 9.47 Å². The summed E-state index contributed by atoms with van der Waals surface area (Å²) < 4.78 is 11.2. The lowest BCUT2D eigenvalue weighted by Gasteiger charge is -2.38. The van der Waals surface area contributed by atoms with E-state index in [0.29, 0.717) is 23.6 Å². The summed E-state index contributed by atoms with van der Waals surface area (Å²) in [6, 6.07) is 30.3. The Hall–Kier alpha value is -4.31. The van der Waals surface area contributed by atoms with Gasteiger partial charge in [-0.25, -0.2) is 0 Å². The van der Waals surface area contributed by atoms with Crippen LogP contribution >= 0.6 is 0 Å². The maximum absolute atomic E-state index is 13.9. The van der Waals surface area contributed by atoms with Gasteiger partial charge >= 0.3 is 0 Å². The Bertz CT molecular complexity index is 1410. The average molecular weight is 490 g/mol. The standard InChI is InChI=1S/C33H31NO3/c1-23-9-15-26(16-10-23)32-29-22-31(37-3)30(36-2)21-28(29)19-20-34(32)33(35)27-17-13-25(14-18-27)12-11-24-7-5-4-6-8-24/h4-18,21-22,32H,19-20H2,1-3H3. The monoisotopic (exact) mass is 489 g/mol. The molecule has 4 nitrogen and oxygen atoms in total. The Balaban J connectivity index is 1.48. The smallest absolute Gasteiger partial charge is 0.254 e. The third-order valence-electron chi connectivity index (χ3n) is 6.95. The minimum absolute atomic E-state index is 0.0181. The molecule has 0 radical (unpaired) electrons. The van der Waals surface area contributed by atoms with E-state index in [9.17, 15) is 4.79 Å². The van der Waals surface area contributed by atoms with Gasteiger partial charge in [0.05, 0.1) is 20.3 Å². The highest BCUT2D eigenvalue weighted by molar-refractivity contribution is 5.95. The molecule has 186 valence electrons. The van der Waals surface area contributed by atoms with Crippen molar-refractivity contribution in [2.45, 2.75) is 19.4 Å². The normalized spacial score (nSPS) is 14.9. The number of hydrogen-bond donors (Lipinski definition) is 0. The van der Waals surface area contributed by atoms with Crippen molar-refractivity contribution in [1.29, 1.82) is 0 Å². The van der Waals surface area contributed by atoms with Gasteiger partial charge in [-0.3, -0.25) is 4.79 Å². The van der Waals surface area contributed by atoms with Crippen molar-refractivity contribution in [3.05, 3.63) is 130 Å². The molecule has 1 unspecified atom stereocenters. The lowest BCUT2D eigenvalue weighted by Crippen LogP contribution is -2.40. The molecule has 1 amide bonds. The highest BCUT2D eigenvalue weighted by Gasteiger charge is 2.33. The third kappa shape index (κ3) is 5.14. The molecule has 0 saturated carbocycles. The van der Waals surface area contributed by atoms with Crippen LogP contribution in [-0.2, 0) is 6.42 Å². The van der Waals surface area contributed by atoms with Gasteiger partial charge in [-0.05, 0) is 65.4 Å². The molecular weight excluding hydrogens is 458 g/mol. The zero-order valence-corrected chi connectivity index (χ0v) is 21.5. The van der Waals surface area contributed by atoms with Gasteiger partial charge in [0.1, 0.15) is 0 Å². The van der Waals surface area contributed by atoms with Crippen molar-refractivity contribution in [2.24, 2.45) is 0 Å². The summed E-state index contributed by atoms with van der Waals surface area (Å²) in [5, 5.41) is 0. The summed E-state index contributed by atoms with van der Waals surface area (Å²) in [5.74, 6) is 1.40. The summed E-state index contributed by atoms with van der Waals surface area (Å²) in [5.41, 5.74) is 7.38. The number of amides is 1. The van der Waals surface area contributed by atoms with Crippen molar-refractivity contribution < 1.29 is 14.3 Å². The summed E-state index contributed by atoms with van der Waals surface area (Å²) in [4.78, 5) is 15.9. The van der Waals surface area contributed by atoms with Crippen LogP contribution in [0, 0.1) is 6.92 Å². The summed E-state index contributed by atoms with van der Waals surface area (Å²) in [6.07, 6.45) is 4.89. The number of fused-ring (bicyclic) bond motifs is 1. The third-order valence-corrected chi connectivity index (χ3v) is 6.95. The van der Waals surface area contributed by atoms with Gasteiger partial charge in [0.25, 0.3) is 5.91 Å². The number of carbonyl (C=O) groups is 1. The highest BCUT2D eigenvalue weighted by Crippen LogP contribution is 2.41. The number of carbonyl (C=O) groups excluding carboxylic acids is 1. The van der Waals surface area contributed by atoms with Crippen molar-refractivity contribution in [3.63, 3.8) is 0 Å². The number of ether oxygens (including phenoxy) is 2. The van der Waals surface area contributed by atoms with Gasteiger partial charge in [-0.15, -0.1) is 0 Å². The molecule has 0 aliphatic carbocycles. The quantitative estimate of drug-likeness (QED) is 0.275. The van der Waals surface area contributed by atoms with Crippen LogP contribution in [0.3, 0.4) is 0 Å². The first-order chi connectivity index (χ1) is 18.1. The molecule has 4 heteroatoms. The number of aryl methyl sites for hydroxylation is 1. The van der Waals surface area contributed by atoms with Crippen LogP contribution in [0.2, 0.25) is 0 Å². The van der Waals surface area contributed by atoms with E-state index in [2.05, 4.69) is 55.5 Å². The first-order valence-corrected chi connectivity index (χ1v) is 12.5. The topological polar surface area (TPSA) is 38.8 Å².